The fourth-order valence-electron chi connectivity index (χ4n) is 1.74. The lowest BCUT2D eigenvalue weighted by Crippen LogP contribution is -2.07. The number of aromatic carboxylic acids is 1. The van der Waals surface area contributed by atoms with Crippen molar-refractivity contribution in [3.05, 3.63) is 53.9 Å². The Balaban J connectivity index is 1.94. The third-order valence-electron chi connectivity index (χ3n) is 2.78. The van der Waals surface area contributed by atoms with E-state index in [-0.39, 0.29) is 11.4 Å². The molecule has 1 aromatic carbocycles. The maximum atomic E-state index is 11.0. The van der Waals surface area contributed by atoms with E-state index in [1.54, 1.807) is 19.2 Å². The number of carbonyl (C=O) groups is 1. The van der Waals surface area contributed by atoms with Gasteiger partial charge in [0.05, 0.1) is 13.7 Å². The minimum atomic E-state index is -1.09. The average molecular weight is 273 g/mol. The van der Waals surface area contributed by atoms with Gasteiger partial charge >= 0.3 is 5.97 Å². The van der Waals surface area contributed by atoms with Crippen LogP contribution in [0.15, 0.2) is 42.6 Å². The van der Waals surface area contributed by atoms with Gasteiger partial charge in [-0.05, 0) is 29.8 Å². The lowest BCUT2D eigenvalue weighted by molar-refractivity contribution is 0.0685. The Hall–Kier alpha value is -2.56. The van der Waals surface area contributed by atoms with Gasteiger partial charge in [-0.1, -0.05) is 12.1 Å². The quantitative estimate of drug-likeness (QED) is 0.875. The molecule has 0 fully saturated rings. The van der Waals surface area contributed by atoms with Gasteiger partial charge in [0.2, 0.25) is 0 Å². The highest BCUT2D eigenvalue weighted by molar-refractivity contribution is 5.88. The SMILES string of the molecule is COc1ccc(CCOc2cccnc2C(=O)O)cc1. The first-order valence-electron chi connectivity index (χ1n) is 6.14. The minimum Gasteiger partial charge on any atom is -0.497 e. The first kappa shape index (κ1) is 13.9. The van der Waals surface area contributed by atoms with Crippen molar-refractivity contribution < 1.29 is 19.4 Å². The van der Waals surface area contributed by atoms with Crippen LogP contribution in [0.25, 0.3) is 0 Å². The van der Waals surface area contributed by atoms with E-state index in [2.05, 4.69) is 4.98 Å². The van der Waals surface area contributed by atoms with Crippen LogP contribution < -0.4 is 9.47 Å². The van der Waals surface area contributed by atoms with Gasteiger partial charge in [-0.2, -0.15) is 0 Å². The van der Waals surface area contributed by atoms with Crippen LogP contribution in [-0.4, -0.2) is 29.8 Å². The highest BCUT2D eigenvalue weighted by Gasteiger charge is 2.11. The van der Waals surface area contributed by atoms with Crippen molar-refractivity contribution in [2.75, 3.05) is 13.7 Å². The molecule has 1 heterocycles. The van der Waals surface area contributed by atoms with Crippen LogP contribution in [-0.2, 0) is 6.42 Å². The zero-order chi connectivity index (χ0) is 14.4. The molecule has 1 aromatic heterocycles. The summed E-state index contributed by atoms with van der Waals surface area (Å²) in [6.07, 6.45) is 2.11. The van der Waals surface area contributed by atoms with Crippen molar-refractivity contribution in [1.82, 2.24) is 4.98 Å². The van der Waals surface area contributed by atoms with Crippen LogP contribution in [0.2, 0.25) is 0 Å². The van der Waals surface area contributed by atoms with E-state index in [1.165, 1.54) is 6.20 Å². The molecule has 0 unspecified atom stereocenters. The second-order valence-electron chi connectivity index (χ2n) is 4.10. The van der Waals surface area contributed by atoms with Crippen molar-refractivity contribution in [3.8, 4) is 11.5 Å². The fraction of sp³-hybridized carbons (Fsp3) is 0.200. The zero-order valence-corrected chi connectivity index (χ0v) is 11.1. The molecule has 2 aromatic rings. The number of methoxy groups -OCH3 is 1. The molecule has 0 bridgehead atoms. The molecule has 5 heteroatoms. The van der Waals surface area contributed by atoms with Crippen LogP contribution in [0, 0.1) is 0 Å². The summed E-state index contributed by atoms with van der Waals surface area (Å²) >= 11 is 0. The lowest BCUT2D eigenvalue weighted by atomic mass is 10.1. The van der Waals surface area contributed by atoms with E-state index in [9.17, 15) is 4.79 Å². The summed E-state index contributed by atoms with van der Waals surface area (Å²) in [7, 11) is 1.62. The maximum Gasteiger partial charge on any atom is 0.358 e. The lowest BCUT2D eigenvalue weighted by Gasteiger charge is -2.08. The van der Waals surface area contributed by atoms with Gasteiger partial charge in [-0.15, -0.1) is 0 Å². The molecular formula is C15H15NO4. The number of pyridine rings is 1. The summed E-state index contributed by atoms with van der Waals surface area (Å²) in [6.45, 7) is 0.387. The molecule has 1 N–H and O–H groups in total. The second-order valence-corrected chi connectivity index (χ2v) is 4.10. The number of ether oxygens (including phenoxy) is 2. The normalized spacial score (nSPS) is 10.1. The topological polar surface area (TPSA) is 68.7 Å². The van der Waals surface area contributed by atoms with Crippen LogP contribution in [0.4, 0.5) is 0 Å². The standard InChI is InChI=1S/C15H15NO4/c1-19-12-6-4-11(5-7-12)8-10-20-13-3-2-9-16-14(13)15(17)18/h2-7,9H,8,10H2,1H3,(H,17,18). The van der Waals surface area contributed by atoms with Crippen LogP contribution in [0.5, 0.6) is 11.5 Å². The summed E-state index contributed by atoms with van der Waals surface area (Å²) in [5, 5.41) is 8.98. The highest BCUT2D eigenvalue weighted by Crippen LogP contribution is 2.16. The first-order valence-corrected chi connectivity index (χ1v) is 6.14. The molecule has 0 amide bonds. The van der Waals surface area contributed by atoms with E-state index in [0.717, 1.165) is 11.3 Å². The fourth-order valence-corrected chi connectivity index (χ4v) is 1.74. The van der Waals surface area contributed by atoms with Gasteiger partial charge in [-0.3, -0.25) is 0 Å². The van der Waals surface area contributed by atoms with Gasteiger partial charge in [0.1, 0.15) is 5.75 Å². The van der Waals surface area contributed by atoms with E-state index < -0.39 is 5.97 Å². The Kier molecular flexibility index (Phi) is 4.55. The summed E-state index contributed by atoms with van der Waals surface area (Å²) in [5.41, 5.74) is 1.02. The monoisotopic (exact) mass is 273 g/mol. The summed E-state index contributed by atoms with van der Waals surface area (Å²) in [6, 6.07) is 10.9. The molecule has 0 radical (unpaired) electrons. The van der Waals surface area contributed by atoms with Crippen molar-refractivity contribution >= 4 is 5.97 Å². The predicted octanol–water partition coefficient (Wildman–Crippen LogP) is 2.41. The third kappa shape index (κ3) is 3.47. The minimum absolute atomic E-state index is 0.0674. The smallest absolute Gasteiger partial charge is 0.358 e. The van der Waals surface area contributed by atoms with E-state index in [1.807, 2.05) is 24.3 Å². The largest absolute Gasteiger partial charge is 0.497 e. The van der Waals surface area contributed by atoms with Crippen LogP contribution in [0.3, 0.4) is 0 Å². The Morgan fingerprint density at radius 3 is 2.65 bits per heavy atom. The summed E-state index contributed by atoms with van der Waals surface area (Å²) < 4.78 is 10.6. The van der Waals surface area contributed by atoms with Gasteiger partial charge in [0.15, 0.2) is 11.4 Å². The molecular weight excluding hydrogens is 258 g/mol. The van der Waals surface area contributed by atoms with Crippen molar-refractivity contribution in [2.45, 2.75) is 6.42 Å². The molecule has 0 aliphatic carbocycles. The molecule has 20 heavy (non-hydrogen) atoms. The first-order chi connectivity index (χ1) is 9.70. The Labute approximate surface area is 116 Å². The number of aromatic nitrogens is 1. The summed E-state index contributed by atoms with van der Waals surface area (Å²) in [5.74, 6) is -0.00588. The molecule has 5 nitrogen and oxygen atoms in total. The number of nitrogens with zero attached hydrogens (tertiary/aromatic N) is 1. The number of carboxylic acids is 1. The number of hydrogen-bond donors (Lipinski definition) is 1. The van der Waals surface area contributed by atoms with E-state index in [0.29, 0.717) is 13.0 Å². The molecule has 0 aliphatic heterocycles. The van der Waals surface area contributed by atoms with Gasteiger partial charge in [0, 0.05) is 12.6 Å². The molecule has 0 saturated carbocycles. The van der Waals surface area contributed by atoms with Crippen LogP contribution in [0.1, 0.15) is 16.1 Å². The molecule has 0 atom stereocenters. The van der Waals surface area contributed by atoms with Crippen molar-refractivity contribution in [3.63, 3.8) is 0 Å². The Bertz CT molecular complexity index is 581. The van der Waals surface area contributed by atoms with Crippen LogP contribution >= 0.6 is 0 Å². The van der Waals surface area contributed by atoms with Gasteiger partial charge in [0.25, 0.3) is 0 Å². The van der Waals surface area contributed by atoms with E-state index in [4.69, 9.17) is 14.6 Å². The molecule has 2 rings (SSSR count). The molecule has 0 saturated heterocycles. The van der Waals surface area contributed by atoms with Crippen molar-refractivity contribution in [2.24, 2.45) is 0 Å². The number of benzene rings is 1. The number of carboxylic acid groups (broad SMARTS) is 1. The average Bonchev–Trinajstić information content (AvgIpc) is 2.48. The molecule has 0 spiro atoms. The maximum absolute atomic E-state index is 11.0. The predicted molar refractivity (Wildman–Crippen MR) is 73.4 cm³/mol. The molecule has 104 valence electrons. The summed E-state index contributed by atoms with van der Waals surface area (Å²) in [4.78, 5) is 14.8. The van der Waals surface area contributed by atoms with E-state index >= 15 is 0 Å². The Morgan fingerprint density at radius 1 is 1.25 bits per heavy atom. The van der Waals surface area contributed by atoms with Gasteiger partial charge < -0.3 is 14.6 Å². The number of hydrogen-bond acceptors (Lipinski definition) is 4. The zero-order valence-electron chi connectivity index (χ0n) is 11.1. The highest BCUT2D eigenvalue weighted by atomic mass is 16.5. The Morgan fingerprint density at radius 2 is 2.00 bits per heavy atom. The molecule has 0 aliphatic rings. The van der Waals surface area contributed by atoms with Gasteiger partial charge in [-0.25, -0.2) is 9.78 Å². The number of rotatable bonds is 6. The van der Waals surface area contributed by atoms with Crippen molar-refractivity contribution in [1.29, 1.82) is 0 Å². The second kappa shape index (κ2) is 6.56. The third-order valence-corrected chi connectivity index (χ3v) is 2.78.